The highest BCUT2D eigenvalue weighted by Crippen LogP contribution is 2.90. The summed E-state index contributed by atoms with van der Waals surface area (Å²) in [5, 5.41) is 20.7. The number of carbonyl (C=O) groups excluding carboxylic acids is 1. The van der Waals surface area contributed by atoms with Gasteiger partial charge < -0.3 is 19.9 Å². The second-order valence-electron chi connectivity index (χ2n) is 18.9. The van der Waals surface area contributed by atoms with Crippen molar-refractivity contribution in [3.05, 3.63) is 93.3 Å². The number of rotatable bonds is 12. The van der Waals surface area contributed by atoms with Crippen LogP contribution < -0.4 is 20.1 Å². The number of allylic oxidation sites excluding steroid dienone is 1. The van der Waals surface area contributed by atoms with E-state index >= 15 is 0 Å². The number of nitro benzene ring substituents is 1. The number of ketones is 1. The lowest BCUT2D eigenvalue weighted by atomic mass is 9.71. The molecule has 3 heterocycles. The molecule has 1 aliphatic heterocycles. The van der Waals surface area contributed by atoms with Gasteiger partial charge in [-0.3, -0.25) is 24.9 Å². The number of aromatic nitrogens is 2. The monoisotopic (exact) mass is 805 g/mol. The van der Waals surface area contributed by atoms with Crippen LogP contribution in [0, 0.1) is 38.2 Å². The van der Waals surface area contributed by atoms with Crippen molar-refractivity contribution in [1.82, 2.24) is 14.9 Å². The normalized spacial score (nSPS) is 26.3. The fourth-order valence-electron chi connectivity index (χ4n) is 10.2. The number of nitrogens with two attached hydrogens (primary N) is 1. The molecular weight excluding hydrogens is 747 g/mol. The second-order valence-corrected chi connectivity index (χ2v) is 18.9. The van der Waals surface area contributed by atoms with E-state index in [1.165, 1.54) is 51.0 Å². The zero-order chi connectivity index (χ0) is 40.8. The number of nitro groups is 1. The molecule has 0 unspecified atom stereocenters. The molecule has 2 aromatic heterocycles. The van der Waals surface area contributed by atoms with Gasteiger partial charge in [-0.25, -0.2) is 4.98 Å². The predicted molar refractivity (Wildman–Crippen MR) is 235 cm³/mol. The van der Waals surface area contributed by atoms with Crippen molar-refractivity contribution in [2.24, 2.45) is 33.2 Å². The molecule has 0 atom stereocenters. The number of benzene rings is 2. The lowest BCUT2D eigenvalue weighted by Crippen LogP contribution is -2.47. The Morgan fingerprint density at radius 2 is 1.78 bits per heavy atom. The van der Waals surface area contributed by atoms with Gasteiger partial charge in [0, 0.05) is 74.2 Å². The van der Waals surface area contributed by atoms with Gasteiger partial charge in [0.2, 0.25) is 0 Å². The lowest BCUT2D eigenvalue weighted by molar-refractivity contribution is -0.384. The smallest absolute Gasteiger partial charge is 0.293 e. The van der Waals surface area contributed by atoms with Crippen molar-refractivity contribution in [2.75, 3.05) is 49.5 Å². The van der Waals surface area contributed by atoms with Crippen LogP contribution in [0.3, 0.4) is 0 Å². The number of H-pyrrole nitrogens is 1. The molecule has 4 N–H and O–H groups in total. The maximum Gasteiger partial charge on any atom is 0.293 e. The summed E-state index contributed by atoms with van der Waals surface area (Å²) in [5.41, 5.74) is 7.71. The summed E-state index contributed by atoms with van der Waals surface area (Å²) in [4.78, 5) is 38.8. The molecule has 3 saturated carbocycles. The Labute approximate surface area is 347 Å². The molecule has 4 fully saturated rings. The van der Waals surface area contributed by atoms with Gasteiger partial charge in [-0.2, -0.15) is 0 Å². The summed E-state index contributed by atoms with van der Waals surface area (Å²) in [6.07, 6.45) is 14.6. The molecule has 2 aromatic carbocycles. The van der Waals surface area contributed by atoms with E-state index in [9.17, 15) is 14.9 Å². The third-order valence-electron chi connectivity index (χ3n) is 14.2. The Hall–Kier alpha value is -4.39. The zero-order valence-electron chi connectivity index (χ0n) is 34.5. The molecule has 12 heteroatoms. The third-order valence-corrected chi connectivity index (χ3v) is 14.2. The highest BCUT2D eigenvalue weighted by atomic mass is 32.1. The first-order valence-corrected chi connectivity index (χ1v) is 21.7. The fraction of sp³-hybridized carbons (Fsp3) is 0.522. The SMILES string of the molecule is CC1CCC(CNc2ccc(C(=O)c3ccc(N4CCN(CC5=C(C67CC6(C)C7)CC(C)(C)CC5)CC4)cc3Oc3cnc4[nH]ccc4c3)cc2[N+](=O)[O-])CC1.NS. The van der Waals surface area contributed by atoms with E-state index in [-0.39, 0.29) is 17.0 Å². The average molecular weight is 806 g/mol. The average Bonchev–Trinajstić information content (AvgIpc) is 3.91. The zero-order valence-corrected chi connectivity index (χ0v) is 35.4. The summed E-state index contributed by atoms with van der Waals surface area (Å²) in [5.74, 6) is 1.81. The standard InChI is InChI=1S/C46H56N6O4.H3NS/c1-30-5-7-31(8-6-30)25-48-39-12-9-32(22-40(39)52(54)55)42(53)37-11-10-35(23-41(37)56-36-21-33-14-16-47-43(33)49-26-36)51-19-17-50(18-20-51)27-34-13-15-44(2,3)24-38(34)46-28-45(46,4)29-46;1-2/h9-12,14,16,21-23,26,30-31,48H,5-8,13,15,17-20,24-25,27-29H2,1-4H3,(H,47,49);2H,1H2. The van der Waals surface area contributed by atoms with Crippen LogP contribution in [0.1, 0.15) is 101 Å². The number of ether oxygens (including phenoxy) is 1. The van der Waals surface area contributed by atoms with Crippen molar-refractivity contribution in [3.8, 4) is 11.5 Å². The van der Waals surface area contributed by atoms with Crippen LogP contribution in [-0.2, 0) is 0 Å². The van der Waals surface area contributed by atoms with Crippen molar-refractivity contribution in [3.63, 3.8) is 0 Å². The van der Waals surface area contributed by atoms with E-state index in [1.54, 1.807) is 29.5 Å². The molecule has 4 aromatic rings. The molecule has 11 nitrogen and oxygen atoms in total. The number of pyridine rings is 1. The first kappa shape index (κ1) is 40.4. The molecule has 308 valence electrons. The summed E-state index contributed by atoms with van der Waals surface area (Å²) in [7, 11) is 0. The number of thiol groups is 1. The number of hydrogen-bond donors (Lipinski definition) is 4. The summed E-state index contributed by atoms with van der Waals surface area (Å²) < 4.78 is 6.49. The fourth-order valence-corrected chi connectivity index (χ4v) is 10.2. The Kier molecular flexibility index (Phi) is 11.1. The lowest BCUT2D eigenvalue weighted by Gasteiger charge is -2.40. The minimum absolute atomic E-state index is 0.0955. The quantitative estimate of drug-likeness (QED) is 0.0362. The largest absolute Gasteiger partial charge is 0.455 e. The number of hydrogen-bond acceptors (Lipinski definition) is 10. The van der Waals surface area contributed by atoms with Gasteiger partial charge in [0.1, 0.15) is 22.8 Å². The van der Waals surface area contributed by atoms with Gasteiger partial charge in [0.25, 0.3) is 5.69 Å². The number of anilines is 2. The first-order valence-electron chi connectivity index (χ1n) is 21.2. The Bertz CT molecular complexity index is 2210. The molecule has 0 amide bonds. The second kappa shape index (κ2) is 16.0. The van der Waals surface area contributed by atoms with E-state index in [4.69, 9.17) is 4.74 Å². The van der Waals surface area contributed by atoms with Crippen LogP contribution in [0.15, 0.2) is 72.1 Å². The Balaban J connectivity index is 0.00000231. The van der Waals surface area contributed by atoms with Crippen LogP contribution in [-0.4, -0.2) is 64.8 Å². The molecule has 0 bridgehead atoms. The van der Waals surface area contributed by atoms with E-state index < -0.39 is 4.92 Å². The predicted octanol–water partition coefficient (Wildman–Crippen LogP) is 9.95. The number of aromatic amines is 1. The van der Waals surface area contributed by atoms with Gasteiger partial charge in [-0.15, -0.1) is 12.8 Å². The van der Waals surface area contributed by atoms with Crippen molar-refractivity contribution < 1.29 is 14.5 Å². The maximum atomic E-state index is 14.3. The Morgan fingerprint density at radius 3 is 2.48 bits per heavy atom. The van der Waals surface area contributed by atoms with Crippen LogP contribution in [0.2, 0.25) is 0 Å². The number of nitrogens with one attached hydrogen (secondary N) is 2. The van der Waals surface area contributed by atoms with Crippen LogP contribution in [0.5, 0.6) is 11.5 Å². The third kappa shape index (κ3) is 8.12. The maximum absolute atomic E-state index is 14.3. The highest BCUT2D eigenvalue weighted by Gasteiger charge is 2.81. The van der Waals surface area contributed by atoms with E-state index in [0.29, 0.717) is 51.5 Å². The Morgan fingerprint density at radius 1 is 1.03 bits per heavy atom. The van der Waals surface area contributed by atoms with Crippen LogP contribution in [0.4, 0.5) is 17.1 Å². The molecular formula is C46H59N7O4S. The van der Waals surface area contributed by atoms with Crippen molar-refractivity contribution in [2.45, 2.75) is 85.5 Å². The number of piperazine rings is 1. The highest BCUT2D eigenvalue weighted by molar-refractivity contribution is 7.77. The summed E-state index contributed by atoms with van der Waals surface area (Å²) in [6, 6.07) is 14.3. The van der Waals surface area contributed by atoms with Gasteiger partial charge in [0.05, 0.1) is 16.7 Å². The van der Waals surface area contributed by atoms with Crippen molar-refractivity contribution in [1.29, 1.82) is 0 Å². The summed E-state index contributed by atoms with van der Waals surface area (Å²) in [6.45, 7) is 15.1. The molecule has 4 aliphatic carbocycles. The molecule has 9 rings (SSSR count). The topological polar surface area (TPSA) is 143 Å². The number of carbonyl (C=O) groups is 1. The van der Waals surface area contributed by atoms with E-state index in [0.717, 1.165) is 68.2 Å². The van der Waals surface area contributed by atoms with E-state index in [1.807, 2.05) is 36.5 Å². The van der Waals surface area contributed by atoms with Gasteiger partial charge >= 0.3 is 0 Å². The van der Waals surface area contributed by atoms with E-state index in [2.05, 4.69) is 70.7 Å². The first-order chi connectivity index (χ1) is 27.9. The van der Waals surface area contributed by atoms with Crippen LogP contribution >= 0.6 is 12.8 Å². The molecule has 58 heavy (non-hydrogen) atoms. The van der Waals surface area contributed by atoms with Crippen molar-refractivity contribution >= 4 is 46.7 Å². The van der Waals surface area contributed by atoms with Gasteiger partial charge in [0.15, 0.2) is 5.78 Å². The van der Waals surface area contributed by atoms with Crippen LogP contribution in [0.25, 0.3) is 11.0 Å². The minimum Gasteiger partial charge on any atom is -0.455 e. The molecule has 5 aliphatic rings. The number of nitrogens with zero attached hydrogens (tertiary/aromatic N) is 4. The minimum atomic E-state index is -0.402. The molecule has 1 saturated heterocycles. The molecule has 0 spiro atoms. The van der Waals surface area contributed by atoms with Gasteiger partial charge in [-0.1, -0.05) is 51.7 Å². The molecule has 0 radical (unpaired) electrons. The van der Waals surface area contributed by atoms with Gasteiger partial charge in [-0.05, 0) is 109 Å². The summed E-state index contributed by atoms with van der Waals surface area (Å²) >= 11 is 3.03. The number of fused-ring (bicyclic) bond motifs is 2.